The van der Waals surface area contributed by atoms with Gasteiger partial charge in [0.25, 0.3) is 5.91 Å². The van der Waals surface area contributed by atoms with Crippen LogP contribution in [0.25, 0.3) is 0 Å². The number of nitriles is 2. The zero-order valence-corrected chi connectivity index (χ0v) is 19.6. The average Bonchev–Trinajstić information content (AvgIpc) is 2.78. The number of amides is 1. The number of carbonyl (C=O) groups excluding carboxylic acids is 2. The molecule has 0 saturated heterocycles. The molecule has 1 amide bonds. The second-order valence-corrected chi connectivity index (χ2v) is 6.98. The SMILES string of the molecule is COC(=O)c1cc(OC(F)(F)F)c(C#N)cc1C.Cc1cc(C#N)c(OC(F)(F)F)cc1C(=O)N=C(N)N. The fraction of sp³-hybridized carbons (Fsp3) is 0.227. The summed E-state index contributed by atoms with van der Waals surface area (Å²) in [5.41, 5.74) is 9.66. The summed E-state index contributed by atoms with van der Waals surface area (Å²) in [4.78, 5) is 26.2. The third kappa shape index (κ3) is 9.23. The van der Waals surface area contributed by atoms with Crippen LogP contribution in [0.5, 0.6) is 11.5 Å². The molecule has 0 atom stereocenters. The van der Waals surface area contributed by atoms with Crippen LogP contribution < -0.4 is 20.9 Å². The highest BCUT2D eigenvalue weighted by Crippen LogP contribution is 2.30. The van der Waals surface area contributed by atoms with Gasteiger partial charge in [0.15, 0.2) is 5.96 Å². The van der Waals surface area contributed by atoms with Gasteiger partial charge >= 0.3 is 18.7 Å². The van der Waals surface area contributed by atoms with Crippen molar-refractivity contribution in [3.8, 4) is 23.6 Å². The summed E-state index contributed by atoms with van der Waals surface area (Å²) in [6.45, 7) is 2.90. The van der Waals surface area contributed by atoms with Crippen LogP contribution in [0.15, 0.2) is 29.3 Å². The number of aryl methyl sites for hydroxylation is 2. The number of methoxy groups -OCH3 is 1. The lowest BCUT2D eigenvalue weighted by atomic mass is 10.0. The summed E-state index contributed by atoms with van der Waals surface area (Å²) >= 11 is 0. The summed E-state index contributed by atoms with van der Waals surface area (Å²) in [7, 11) is 1.10. The van der Waals surface area contributed by atoms with E-state index in [9.17, 15) is 35.9 Å². The molecule has 0 bridgehead atoms. The highest BCUT2D eigenvalue weighted by atomic mass is 19.4. The number of halogens is 6. The Balaban J connectivity index is 0.000000382. The standard InChI is InChI=1S/C11H9F3N4O2.C11H8F3NO3/c1-5-2-6(4-15)8(20-11(12,13)14)3-7(5)9(19)18-10(16)17;1-6-3-7(5-15)9(18-11(12,13)14)4-8(6)10(16)17-2/h2-3H,1H3,(H4,16,17,18,19);3-4H,1-2H3. The fourth-order valence-corrected chi connectivity index (χ4v) is 2.71. The first-order valence-electron chi connectivity index (χ1n) is 9.75. The van der Waals surface area contributed by atoms with Crippen molar-refractivity contribution in [2.24, 2.45) is 16.5 Å². The summed E-state index contributed by atoms with van der Waals surface area (Å²) in [6.07, 6.45) is -9.93. The number of alkyl halides is 6. The van der Waals surface area contributed by atoms with Gasteiger partial charge in [-0.2, -0.15) is 15.5 Å². The van der Waals surface area contributed by atoms with E-state index in [2.05, 4.69) is 19.2 Å². The highest BCUT2D eigenvalue weighted by molar-refractivity contribution is 6.03. The van der Waals surface area contributed by atoms with Gasteiger partial charge in [-0.05, 0) is 49.2 Å². The Kier molecular flexibility index (Phi) is 10.1. The van der Waals surface area contributed by atoms with Gasteiger partial charge in [0, 0.05) is 5.56 Å². The topological polar surface area (TPSA) is 174 Å². The van der Waals surface area contributed by atoms with Gasteiger partial charge in [0.05, 0.1) is 23.8 Å². The second-order valence-electron chi connectivity index (χ2n) is 6.98. The molecule has 0 unspecified atom stereocenters. The molecule has 4 N–H and O–H groups in total. The van der Waals surface area contributed by atoms with Crippen LogP contribution in [0, 0.1) is 36.5 Å². The molecule has 0 aliphatic carbocycles. The van der Waals surface area contributed by atoms with Crippen LogP contribution in [-0.2, 0) is 4.74 Å². The summed E-state index contributed by atoms with van der Waals surface area (Å²) < 4.78 is 84.8. The fourth-order valence-electron chi connectivity index (χ4n) is 2.71. The number of guanidine groups is 1. The van der Waals surface area contributed by atoms with Crippen molar-refractivity contribution in [2.45, 2.75) is 26.6 Å². The number of nitrogens with zero attached hydrogens (tertiary/aromatic N) is 3. The third-order valence-electron chi connectivity index (χ3n) is 4.21. The highest BCUT2D eigenvalue weighted by Gasteiger charge is 2.34. The van der Waals surface area contributed by atoms with E-state index in [1.165, 1.54) is 13.8 Å². The molecule has 16 heteroatoms. The first kappa shape index (κ1) is 31.0. The molecule has 0 spiro atoms. The normalized spacial score (nSPS) is 10.6. The Bertz CT molecular complexity index is 1340. The Morgan fingerprint density at radius 1 is 0.816 bits per heavy atom. The number of hydrogen-bond donors (Lipinski definition) is 2. The molecule has 202 valence electrons. The lowest BCUT2D eigenvalue weighted by molar-refractivity contribution is -0.275. The maximum atomic E-state index is 12.2. The zero-order chi connectivity index (χ0) is 29.4. The molecule has 0 fully saturated rings. The number of aliphatic imine (C=N–C) groups is 1. The Labute approximate surface area is 210 Å². The summed E-state index contributed by atoms with van der Waals surface area (Å²) in [5.74, 6) is -3.78. The van der Waals surface area contributed by atoms with Crippen molar-refractivity contribution >= 4 is 17.8 Å². The molecule has 0 saturated carbocycles. The number of hydrogen-bond acceptors (Lipinski definition) is 7. The van der Waals surface area contributed by atoms with Crippen molar-refractivity contribution < 1.29 is 50.1 Å². The van der Waals surface area contributed by atoms with Gasteiger partial charge in [-0.1, -0.05) is 0 Å². The maximum Gasteiger partial charge on any atom is 0.573 e. The van der Waals surface area contributed by atoms with Gasteiger partial charge in [0.2, 0.25) is 0 Å². The van der Waals surface area contributed by atoms with Crippen LogP contribution in [-0.4, -0.2) is 37.7 Å². The molecule has 2 aromatic rings. The summed E-state index contributed by atoms with van der Waals surface area (Å²) in [5, 5.41) is 17.5. The molecule has 0 aliphatic heterocycles. The van der Waals surface area contributed by atoms with E-state index in [0.717, 1.165) is 31.4 Å². The molecule has 0 heterocycles. The molecule has 2 rings (SSSR count). The van der Waals surface area contributed by atoms with Crippen molar-refractivity contribution in [3.63, 3.8) is 0 Å². The molecule has 0 radical (unpaired) electrons. The first-order chi connectivity index (χ1) is 17.4. The van der Waals surface area contributed by atoms with Gasteiger partial charge < -0.3 is 25.7 Å². The van der Waals surface area contributed by atoms with Crippen molar-refractivity contribution in [1.29, 1.82) is 10.5 Å². The van der Waals surface area contributed by atoms with E-state index in [1.807, 2.05) is 0 Å². The van der Waals surface area contributed by atoms with Crippen LogP contribution in [0.4, 0.5) is 26.3 Å². The van der Waals surface area contributed by atoms with Crippen molar-refractivity contribution in [2.75, 3.05) is 7.11 Å². The number of rotatable bonds is 4. The van der Waals surface area contributed by atoms with Crippen LogP contribution >= 0.6 is 0 Å². The van der Waals surface area contributed by atoms with E-state index < -0.39 is 42.1 Å². The lowest BCUT2D eigenvalue weighted by Gasteiger charge is -2.12. The molecular formula is C22H17F6N5O5. The monoisotopic (exact) mass is 545 g/mol. The van der Waals surface area contributed by atoms with Gasteiger partial charge in [0.1, 0.15) is 23.6 Å². The summed E-state index contributed by atoms with van der Waals surface area (Å²) in [6, 6.07) is 6.94. The molecule has 2 aromatic carbocycles. The second kappa shape index (κ2) is 12.3. The van der Waals surface area contributed by atoms with E-state index in [-0.39, 0.29) is 27.8 Å². The Morgan fingerprint density at radius 3 is 1.55 bits per heavy atom. The number of ether oxygens (including phenoxy) is 3. The minimum absolute atomic E-state index is 0.0873. The van der Waals surface area contributed by atoms with Crippen molar-refractivity contribution in [1.82, 2.24) is 0 Å². The molecule has 0 aromatic heterocycles. The third-order valence-corrected chi connectivity index (χ3v) is 4.21. The molecule has 38 heavy (non-hydrogen) atoms. The van der Waals surface area contributed by atoms with E-state index in [0.29, 0.717) is 5.56 Å². The first-order valence-corrected chi connectivity index (χ1v) is 9.75. The van der Waals surface area contributed by atoms with E-state index >= 15 is 0 Å². The Morgan fingerprint density at radius 2 is 1.21 bits per heavy atom. The van der Waals surface area contributed by atoms with Crippen LogP contribution in [0.3, 0.4) is 0 Å². The molecular weight excluding hydrogens is 528 g/mol. The van der Waals surface area contributed by atoms with Gasteiger partial charge in [-0.25, -0.2) is 4.79 Å². The average molecular weight is 545 g/mol. The lowest BCUT2D eigenvalue weighted by Crippen LogP contribution is -2.24. The van der Waals surface area contributed by atoms with Crippen molar-refractivity contribution in [3.05, 3.63) is 57.6 Å². The van der Waals surface area contributed by atoms with Crippen LogP contribution in [0.1, 0.15) is 43.0 Å². The minimum atomic E-state index is -4.99. The quantitative estimate of drug-likeness (QED) is 0.251. The number of carbonyl (C=O) groups is 2. The van der Waals surface area contributed by atoms with Gasteiger partial charge in [-0.3, -0.25) is 4.79 Å². The Hall–Kier alpha value is -4.99. The predicted molar refractivity (Wildman–Crippen MR) is 117 cm³/mol. The minimum Gasteiger partial charge on any atom is -0.465 e. The largest absolute Gasteiger partial charge is 0.573 e. The number of benzene rings is 2. The predicted octanol–water partition coefficient (Wildman–Crippen LogP) is 3.73. The van der Waals surface area contributed by atoms with Gasteiger partial charge in [-0.15, -0.1) is 26.3 Å². The zero-order valence-electron chi connectivity index (χ0n) is 19.6. The number of nitrogens with two attached hydrogens (primary N) is 2. The number of esters is 1. The maximum absolute atomic E-state index is 12.2. The van der Waals surface area contributed by atoms with Crippen LogP contribution in [0.2, 0.25) is 0 Å². The molecule has 10 nitrogen and oxygen atoms in total. The molecule has 0 aliphatic rings. The van der Waals surface area contributed by atoms with E-state index in [1.54, 1.807) is 12.1 Å². The smallest absolute Gasteiger partial charge is 0.465 e. The van der Waals surface area contributed by atoms with E-state index in [4.69, 9.17) is 22.0 Å².